The first kappa shape index (κ1) is 17.9. The van der Waals surface area contributed by atoms with Gasteiger partial charge in [0, 0.05) is 30.7 Å². The van der Waals surface area contributed by atoms with Gasteiger partial charge in [-0.1, -0.05) is 13.8 Å². The van der Waals surface area contributed by atoms with Gasteiger partial charge in [0.1, 0.15) is 5.60 Å². The quantitative estimate of drug-likeness (QED) is 0.812. The van der Waals surface area contributed by atoms with Crippen molar-refractivity contribution >= 4 is 17.4 Å². The molecule has 1 heterocycles. The molecule has 21 heavy (non-hydrogen) atoms. The molecule has 0 aliphatic heterocycles. The minimum absolute atomic E-state index is 0.351. The van der Waals surface area contributed by atoms with Gasteiger partial charge in [0.2, 0.25) is 0 Å². The molecule has 0 aromatic carbocycles. The molecule has 5 nitrogen and oxygen atoms in total. The molecule has 1 unspecified atom stereocenters. The minimum Gasteiger partial charge on any atom is -0.444 e. The van der Waals surface area contributed by atoms with Gasteiger partial charge in [-0.05, 0) is 32.6 Å². The first-order valence-electron chi connectivity index (χ1n) is 7.33. The molecule has 0 bridgehead atoms. The first-order chi connectivity index (χ1) is 9.78. The van der Waals surface area contributed by atoms with Crippen LogP contribution in [-0.2, 0) is 11.3 Å². The van der Waals surface area contributed by atoms with Crippen molar-refractivity contribution in [3.8, 4) is 0 Å². The van der Waals surface area contributed by atoms with Crippen LogP contribution in [0.5, 0.6) is 0 Å². The lowest BCUT2D eigenvalue weighted by Gasteiger charge is -2.24. The average Bonchev–Trinajstić information content (AvgIpc) is 2.83. The summed E-state index contributed by atoms with van der Waals surface area (Å²) in [4.78, 5) is 17.0. The molecule has 0 spiro atoms. The van der Waals surface area contributed by atoms with Crippen molar-refractivity contribution in [1.82, 2.24) is 15.6 Å². The van der Waals surface area contributed by atoms with Gasteiger partial charge in [0.25, 0.3) is 0 Å². The highest BCUT2D eigenvalue weighted by Crippen LogP contribution is 2.11. The molecule has 0 fully saturated rings. The van der Waals surface area contributed by atoms with E-state index in [2.05, 4.69) is 29.5 Å². The Morgan fingerprint density at radius 2 is 2.10 bits per heavy atom. The van der Waals surface area contributed by atoms with E-state index in [0.29, 0.717) is 18.4 Å². The second-order valence-corrected chi connectivity index (χ2v) is 7.46. The van der Waals surface area contributed by atoms with Crippen molar-refractivity contribution in [2.24, 2.45) is 11.8 Å². The molecular weight excluding hydrogens is 286 g/mol. The number of alkyl carbamates (subject to hydrolysis) is 1. The van der Waals surface area contributed by atoms with E-state index in [1.165, 1.54) is 4.88 Å². The smallest absolute Gasteiger partial charge is 0.407 e. The molecule has 1 atom stereocenters. The highest BCUT2D eigenvalue weighted by atomic mass is 32.1. The summed E-state index contributed by atoms with van der Waals surface area (Å²) >= 11 is 1.64. The predicted octanol–water partition coefficient (Wildman–Crippen LogP) is 3.03. The van der Waals surface area contributed by atoms with Crippen LogP contribution in [0.15, 0.2) is 11.7 Å². The number of thiazole rings is 1. The van der Waals surface area contributed by atoms with Crippen LogP contribution in [0.2, 0.25) is 0 Å². The van der Waals surface area contributed by atoms with Gasteiger partial charge in [0.15, 0.2) is 0 Å². The third kappa shape index (κ3) is 8.02. The summed E-state index contributed by atoms with van der Waals surface area (Å²) in [6.45, 7) is 12.2. The van der Waals surface area contributed by atoms with Crippen LogP contribution in [0.3, 0.4) is 0 Å². The van der Waals surface area contributed by atoms with Crippen molar-refractivity contribution < 1.29 is 9.53 Å². The van der Waals surface area contributed by atoms with Crippen molar-refractivity contribution in [2.75, 3.05) is 13.1 Å². The Kier molecular flexibility index (Phi) is 7.11. The molecule has 0 saturated carbocycles. The summed E-state index contributed by atoms with van der Waals surface area (Å²) in [6.07, 6.45) is 1.52. The van der Waals surface area contributed by atoms with Crippen molar-refractivity contribution in [2.45, 2.75) is 46.8 Å². The fourth-order valence-corrected chi connectivity index (χ4v) is 2.35. The summed E-state index contributed by atoms with van der Waals surface area (Å²) in [5.74, 6) is 0.847. The Bertz CT molecular complexity index is 413. The number of rotatable bonds is 7. The van der Waals surface area contributed by atoms with Crippen LogP contribution in [-0.4, -0.2) is 29.8 Å². The molecule has 0 aliphatic rings. The van der Waals surface area contributed by atoms with E-state index in [1.807, 2.05) is 32.5 Å². The number of hydrogen-bond acceptors (Lipinski definition) is 5. The van der Waals surface area contributed by atoms with E-state index in [9.17, 15) is 4.79 Å². The summed E-state index contributed by atoms with van der Waals surface area (Å²) in [7, 11) is 0. The summed E-state index contributed by atoms with van der Waals surface area (Å²) in [5, 5.41) is 6.27. The molecule has 1 aromatic rings. The summed E-state index contributed by atoms with van der Waals surface area (Å²) in [6, 6.07) is 0. The molecule has 0 radical (unpaired) electrons. The van der Waals surface area contributed by atoms with Gasteiger partial charge in [0.05, 0.1) is 5.51 Å². The molecule has 1 amide bonds. The topological polar surface area (TPSA) is 63.2 Å². The molecular formula is C15H27N3O2S. The summed E-state index contributed by atoms with van der Waals surface area (Å²) < 4.78 is 5.25. The van der Waals surface area contributed by atoms with Gasteiger partial charge < -0.3 is 15.4 Å². The Morgan fingerprint density at radius 3 is 2.62 bits per heavy atom. The third-order valence-electron chi connectivity index (χ3n) is 3.04. The number of nitrogens with one attached hydrogen (secondary N) is 2. The summed E-state index contributed by atoms with van der Waals surface area (Å²) in [5.41, 5.74) is 1.38. The molecule has 0 saturated heterocycles. The van der Waals surface area contributed by atoms with Gasteiger partial charge in [-0.2, -0.15) is 0 Å². The average molecular weight is 313 g/mol. The van der Waals surface area contributed by atoms with E-state index in [4.69, 9.17) is 4.74 Å². The van der Waals surface area contributed by atoms with E-state index in [-0.39, 0.29) is 6.09 Å². The molecule has 6 heteroatoms. The zero-order valence-electron chi connectivity index (χ0n) is 13.6. The van der Waals surface area contributed by atoms with Gasteiger partial charge >= 0.3 is 6.09 Å². The fourth-order valence-electron chi connectivity index (χ4n) is 1.78. The number of carbonyl (C=O) groups excluding carboxylic acids is 1. The van der Waals surface area contributed by atoms with E-state index >= 15 is 0 Å². The maximum atomic E-state index is 11.7. The molecule has 120 valence electrons. The number of carbonyl (C=O) groups is 1. The number of ether oxygens (including phenoxy) is 1. The standard InChI is InChI=1S/C15H27N3O2S/c1-11(2)12(6-16-8-13-9-17-10-21-13)7-18-14(19)20-15(3,4)5/h9-12,16H,6-8H2,1-5H3,(H,18,19). The normalized spacial score (nSPS) is 13.2. The minimum atomic E-state index is -0.457. The maximum Gasteiger partial charge on any atom is 0.407 e. The van der Waals surface area contributed by atoms with E-state index < -0.39 is 5.60 Å². The van der Waals surface area contributed by atoms with E-state index in [0.717, 1.165) is 13.1 Å². The number of amides is 1. The highest BCUT2D eigenvalue weighted by Gasteiger charge is 2.18. The fraction of sp³-hybridized carbons (Fsp3) is 0.733. The van der Waals surface area contributed by atoms with Gasteiger partial charge in [-0.25, -0.2) is 4.79 Å². The molecule has 1 aromatic heterocycles. The number of hydrogen-bond donors (Lipinski definition) is 2. The van der Waals surface area contributed by atoms with Crippen LogP contribution < -0.4 is 10.6 Å². The number of aromatic nitrogens is 1. The van der Waals surface area contributed by atoms with Crippen molar-refractivity contribution in [3.05, 3.63) is 16.6 Å². The van der Waals surface area contributed by atoms with Crippen LogP contribution in [0.1, 0.15) is 39.5 Å². The lowest BCUT2D eigenvalue weighted by molar-refractivity contribution is 0.0515. The van der Waals surface area contributed by atoms with Crippen molar-refractivity contribution in [3.63, 3.8) is 0 Å². The van der Waals surface area contributed by atoms with Crippen LogP contribution in [0, 0.1) is 11.8 Å². The lowest BCUT2D eigenvalue weighted by Crippen LogP contribution is -2.39. The Hall–Kier alpha value is -1.14. The Morgan fingerprint density at radius 1 is 1.38 bits per heavy atom. The highest BCUT2D eigenvalue weighted by molar-refractivity contribution is 7.09. The second-order valence-electron chi connectivity index (χ2n) is 6.49. The van der Waals surface area contributed by atoms with E-state index in [1.54, 1.807) is 11.3 Å². The monoisotopic (exact) mass is 313 g/mol. The molecule has 2 N–H and O–H groups in total. The zero-order valence-corrected chi connectivity index (χ0v) is 14.4. The van der Waals surface area contributed by atoms with Crippen LogP contribution in [0.4, 0.5) is 4.79 Å². The Labute approximate surface area is 131 Å². The predicted molar refractivity (Wildman–Crippen MR) is 86.4 cm³/mol. The molecule has 0 aliphatic carbocycles. The first-order valence-corrected chi connectivity index (χ1v) is 8.21. The van der Waals surface area contributed by atoms with Crippen LogP contribution in [0.25, 0.3) is 0 Å². The maximum absolute atomic E-state index is 11.7. The SMILES string of the molecule is CC(C)C(CNCc1cncs1)CNC(=O)OC(C)(C)C. The van der Waals surface area contributed by atoms with Crippen molar-refractivity contribution in [1.29, 1.82) is 0 Å². The lowest BCUT2D eigenvalue weighted by atomic mass is 9.96. The largest absolute Gasteiger partial charge is 0.444 e. The third-order valence-corrected chi connectivity index (χ3v) is 3.82. The van der Waals surface area contributed by atoms with Gasteiger partial charge in [-0.15, -0.1) is 11.3 Å². The second kappa shape index (κ2) is 8.34. The molecule has 1 rings (SSSR count). The number of nitrogens with zero attached hydrogens (tertiary/aromatic N) is 1. The Balaban J connectivity index is 2.31. The zero-order chi connectivity index (χ0) is 15.9. The van der Waals surface area contributed by atoms with Gasteiger partial charge in [-0.3, -0.25) is 4.98 Å². The van der Waals surface area contributed by atoms with Crippen LogP contribution >= 0.6 is 11.3 Å².